The van der Waals surface area contributed by atoms with Crippen molar-refractivity contribution in [3.8, 4) is 0 Å². The molecule has 1 rings (SSSR count). The molecule has 0 saturated carbocycles. The molecule has 6 heteroatoms. The normalized spacial score (nSPS) is 12.5. The molecule has 0 fully saturated rings. The van der Waals surface area contributed by atoms with Crippen molar-refractivity contribution in [1.82, 2.24) is 10.3 Å². The highest BCUT2D eigenvalue weighted by Crippen LogP contribution is 2.18. The number of rotatable bonds is 5. The number of thiazole rings is 1. The molecule has 1 amide bonds. The second-order valence-electron chi connectivity index (χ2n) is 4.41. The standard InChI is InChI=1S/C12H18N2O3S/c1-5-8-13-7(4)10(18-8)11(15)14-9(6(2)3)12(16)17/h6,9H,5H2,1-4H3,(H,14,15)(H,16,17)/t9-/m0/s1. The van der Waals surface area contributed by atoms with E-state index in [2.05, 4.69) is 10.3 Å². The average molecular weight is 270 g/mol. The summed E-state index contributed by atoms with van der Waals surface area (Å²) in [6.07, 6.45) is 0.769. The van der Waals surface area contributed by atoms with Crippen LogP contribution in [0, 0.1) is 12.8 Å². The number of nitrogens with one attached hydrogen (secondary N) is 1. The van der Waals surface area contributed by atoms with Crippen LogP contribution < -0.4 is 5.32 Å². The summed E-state index contributed by atoms with van der Waals surface area (Å²) in [7, 11) is 0. The Kier molecular flexibility index (Phi) is 4.84. The number of carbonyl (C=O) groups excluding carboxylic acids is 1. The number of hydrogen-bond donors (Lipinski definition) is 2. The van der Waals surface area contributed by atoms with E-state index in [1.54, 1.807) is 20.8 Å². The number of carbonyl (C=O) groups is 2. The Morgan fingerprint density at radius 3 is 2.44 bits per heavy atom. The van der Waals surface area contributed by atoms with Crippen LogP contribution in [0.25, 0.3) is 0 Å². The van der Waals surface area contributed by atoms with Crippen molar-refractivity contribution < 1.29 is 14.7 Å². The molecule has 0 radical (unpaired) electrons. The number of amides is 1. The fourth-order valence-electron chi connectivity index (χ4n) is 1.53. The summed E-state index contributed by atoms with van der Waals surface area (Å²) >= 11 is 1.32. The third-order valence-corrected chi connectivity index (χ3v) is 3.87. The molecular weight excluding hydrogens is 252 g/mol. The fourth-order valence-corrected chi connectivity index (χ4v) is 2.44. The maximum atomic E-state index is 12.0. The first-order valence-corrected chi connectivity index (χ1v) is 6.68. The van der Waals surface area contributed by atoms with Crippen molar-refractivity contribution in [2.75, 3.05) is 0 Å². The Labute approximate surface area is 110 Å². The first-order chi connectivity index (χ1) is 8.36. The summed E-state index contributed by atoms with van der Waals surface area (Å²) in [5.74, 6) is -1.53. The molecule has 1 atom stereocenters. The smallest absolute Gasteiger partial charge is 0.326 e. The van der Waals surface area contributed by atoms with E-state index in [0.29, 0.717) is 10.6 Å². The molecule has 5 nitrogen and oxygen atoms in total. The first-order valence-electron chi connectivity index (χ1n) is 5.86. The molecular formula is C12H18N2O3S. The zero-order chi connectivity index (χ0) is 13.9. The summed E-state index contributed by atoms with van der Waals surface area (Å²) in [4.78, 5) is 27.8. The van der Waals surface area contributed by atoms with Gasteiger partial charge in [-0.25, -0.2) is 9.78 Å². The van der Waals surface area contributed by atoms with E-state index in [9.17, 15) is 9.59 Å². The lowest BCUT2D eigenvalue weighted by Gasteiger charge is -2.17. The van der Waals surface area contributed by atoms with E-state index < -0.39 is 12.0 Å². The zero-order valence-corrected chi connectivity index (χ0v) is 11.8. The van der Waals surface area contributed by atoms with Gasteiger partial charge in [-0.1, -0.05) is 20.8 Å². The molecule has 0 aliphatic rings. The number of carboxylic acids is 1. The van der Waals surface area contributed by atoms with E-state index in [4.69, 9.17) is 5.11 Å². The molecule has 0 aliphatic heterocycles. The lowest BCUT2D eigenvalue weighted by molar-refractivity contribution is -0.140. The van der Waals surface area contributed by atoms with Crippen LogP contribution in [0.15, 0.2) is 0 Å². The Morgan fingerprint density at radius 1 is 1.44 bits per heavy atom. The van der Waals surface area contributed by atoms with Gasteiger partial charge in [-0.15, -0.1) is 11.3 Å². The van der Waals surface area contributed by atoms with Gasteiger partial charge in [0, 0.05) is 0 Å². The van der Waals surface area contributed by atoms with Crippen LogP contribution in [0.2, 0.25) is 0 Å². The van der Waals surface area contributed by atoms with Crippen molar-refractivity contribution in [2.45, 2.75) is 40.2 Å². The predicted molar refractivity (Wildman–Crippen MR) is 70.0 cm³/mol. The summed E-state index contributed by atoms with van der Waals surface area (Å²) in [5, 5.41) is 12.5. The molecule has 0 spiro atoms. The first kappa shape index (κ1) is 14.6. The van der Waals surface area contributed by atoms with Gasteiger partial charge >= 0.3 is 5.97 Å². The lowest BCUT2D eigenvalue weighted by Crippen LogP contribution is -2.44. The van der Waals surface area contributed by atoms with Crippen LogP contribution in [0.3, 0.4) is 0 Å². The monoisotopic (exact) mass is 270 g/mol. The summed E-state index contributed by atoms with van der Waals surface area (Å²) < 4.78 is 0. The third-order valence-electron chi connectivity index (χ3n) is 2.57. The Balaban J connectivity index is 2.87. The number of hydrogen-bond acceptors (Lipinski definition) is 4. The molecule has 0 aliphatic carbocycles. The zero-order valence-electron chi connectivity index (χ0n) is 11.0. The van der Waals surface area contributed by atoms with Crippen LogP contribution in [-0.4, -0.2) is 28.0 Å². The molecule has 0 unspecified atom stereocenters. The largest absolute Gasteiger partial charge is 0.480 e. The minimum absolute atomic E-state index is 0.162. The predicted octanol–water partition coefficient (Wildman–Crippen LogP) is 1.85. The van der Waals surface area contributed by atoms with Crippen molar-refractivity contribution in [3.63, 3.8) is 0 Å². The maximum absolute atomic E-state index is 12.0. The van der Waals surface area contributed by atoms with Gasteiger partial charge in [-0.2, -0.15) is 0 Å². The van der Waals surface area contributed by atoms with Crippen LogP contribution in [-0.2, 0) is 11.2 Å². The summed E-state index contributed by atoms with van der Waals surface area (Å²) in [6, 6.07) is -0.871. The molecule has 1 aromatic heterocycles. The minimum Gasteiger partial charge on any atom is -0.480 e. The number of aromatic nitrogens is 1. The van der Waals surface area contributed by atoms with Crippen LogP contribution in [0.5, 0.6) is 0 Å². The average Bonchev–Trinajstić information content (AvgIpc) is 2.66. The molecule has 0 aromatic carbocycles. The second-order valence-corrected chi connectivity index (χ2v) is 5.49. The number of carboxylic acid groups (broad SMARTS) is 1. The quantitative estimate of drug-likeness (QED) is 0.855. The number of nitrogens with zero attached hydrogens (tertiary/aromatic N) is 1. The Bertz CT molecular complexity index is 454. The maximum Gasteiger partial charge on any atom is 0.326 e. The van der Waals surface area contributed by atoms with E-state index in [-0.39, 0.29) is 11.8 Å². The van der Waals surface area contributed by atoms with E-state index in [0.717, 1.165) is 11.4 Å². The Hall–Kier alpha value is -1.43. The molecule has 18 heavy (non-hydrogen) atoms. The topological polar surface area (TPSA) is 79.3 Å². The van der Waals surface area contributed by atoms with Crippen LogP contribution in [0.1, 0.15) is 41.1 Å². The van der Waals surface area contributed by atoms with Gasteiger partial charge in [-0.05, 0) is 19.3 Å². The molecule has 0 bridgehead atoms. The minimum atomic E-state index is -1.02. The van der Waals surface area contributed by atoms with E-state index in [1.165, 1.54) is 11.3 Å². The van der Waals surface area contributed by atoms with Crippen molar-refractivity contribution in [2.24, 2.45) is 5.92 Å². The number of aryl methyl sites for hydroxylation is 2. The van der Waals surface area contributed by atoms with Crippen molar-refractivity contribution in [3.05, 3.63) is 15.6 Å². The van der Waals surface area contributed by atoms with E-state index in [1.807, 2.05) is 6.92 Å². The van der Waals surface area contributed by atoms with Gasteiger partial charge in [0.15, 0.2) is 0 Å². The molecule has 0 saturated heterocycles. The van der Waals surface area contributed by atoms with Crippen LogP contribution in [0.4, 0.5) is 0 Å². The van der Waals surface area contributed by atoms with Crippen molar-refractivity contribution in [1.29, 1.82) is 0 Å². The summed E-state index contributed by atoms with van der Waals surface area (Å²) in [5.41, 5.74) is 0.655. The van der Waals surface area contributed by atoms with E-state index >= 15 is 0 Å². The van der Waals surface area contributed by atoms with Crippen LogP contribution >= 0.6 is 11.3 Å². The molecule has 1 heterocycles. The van der Waals surface area contributed by atoms with Gasteiger partial charge in [0.2, 0.25) is 0 Å². The Morgan fingerprint density at radius 2 is 2.06 bits per heavy atom. The van der Waals surface area contributed by atoms with Gasteiger partial charge in [0.25, 0.3) is 5.91 Å². The van der Waals surface area contributed by atoms with Gasteiger partial charge in [-0.3, -0.25) is 4.79 Å². The van der Waals surface area contributed by atoms with Gasteiger partial charge < -0.3 is 10.4 Å². The number of aliphatic carboxylic acids is 1. The van der Waals surface area contributed by atoms with Crippen molar-refractivity contribution >= 4 is 23.2 Å². The highest BCUT2D eigenvalue weighted by Gasteiger charge is 2.25. The molecule has 2 N–H and O–H groups in total. The van der Waals surface area contributed by atoms with Gasteiger partial charge in [0.1, 0.15) is 10.9 Å². The second kappa shape index (κ2) is 5.95. The van der Waals surface area contributed by atoms with Gasteiger partial charge in [0.05, 0.1) is 10.7 Å². The summed E-state index contributed by atoms with van der Waals surface area (Å²) in [6.45, 7) is 7.25. The highest BCUT2D eigenvalue weighted by atomic mass is 32.1. The fraction of sp³-hybridized carbons (Fsp3) is 0.583. The molecule has 1 aromatic rings. The molecule has 100 valence electrons. The SMILES string of the molecule is CCc1nc(C)c(C(=O)N[C@H](C(=O)O)C(C)C)s1. The third kappa shape index (κ3) is 3.29. The highest BCUT2D eigenvalue weighted by molar-refractivity contribution is 7.13. The lowest BCUT2D eigenvalue weighted by atomic mass is 10.0.